The van der Waals surface area contributed by atoms with Crippen molar-refractivity contribution in [1.82, 2.24) is 5.43 Å². The highest BCUT2D eigenvalue weighted by Gasteiger charge is 2.19. The van der Waals surface area contributed by atoms with Crippen LogP contribution in [0.1, 0.15) is 10.4 Å². The van der Waals surface area contributed by atoms with Crippen LogP contribution in [-0.4, -0.2) is 17.1 Å². The molecule has 0 aliphatic carbocycles. The van der Waals surface area contributed by atoms with Crippen LogP contribution in [0.25, 0.3) is 0 Å². The van der Waals surface area contributed by atoms with Crippen LogP contribution in [-0.2, 0) is 0 Å². The standard InChI is InChI=1S/C8H9N3O3S/c1-15-5-2-3-7(11(13)14)6(4-5)8(12)10-9/h2-4H,9H2,1H3,(H,10,12). The number of nitrogens with one attached hydrogen (secondary N) is 1. The summed E-state index contributed by atoms with van der Waals surface area (Å²) in [6, 6.07) is 4.30. The summed E-state index contributed by atoms with van der Waals surface area (Å²) in [5.74, 6) is 4.27. The van der Waals surface area contributed by atoms with Crippen molar-refractivity contribution in [2.75, 3.05) is 6.26 Å². The number of benzene rings is 1. The first-order valence-electron chi connectivity index (χ1n) is 3.93. The van der Waals surface area contributed by atoms with Gasteiger partial charge in [-0.05, 0) is 18.4 Å². The van der Waals surface area contributed by atoms with Gasteiger partial charge in [0.05, 0.1) is 4.92 Å². The molecule has 0 aromatic heterocycles. The van der Waals surface area contributed by atoms with E-state index in [9.17, 15) is 14.9 Å². The van der Waals surface area contributed by atoms with E-state index in [-0.39, 0.29) is 11.3 Å². The third-order valence-corrected chi connectivity index (χ3v) is 2.50. The van der Waals surface area contributed by atoms with Gasteiger partial charge >= 0.3 is 0 Å². The topological polar surface area (TPSA) is 98.3 Å². The molecule has 80 valence electrons. The second kappa shape index (κ2) is 4.76. The molecular formula is C8H9N3O3S. The number of hydrogen-bond donors (Lipinski definition) is 2. The fraction of sp³-hybridized carbons (Fsp3) is 0.125. The highest BCUT2D eigenvalue weighted by atomic mass is 32.2. The second-order valence-electron chi connectivity index (χ2n) is 2.61. The maximum absolute atomic E-state index is 11.3. The Hall–Kier alpha value is -1.60. The number of rotatable bonds is 3. The molecule has 0 saturated carbocycles. The average Bonchev–Trinajstić information content (AvgIpc) is 2.26. The Morgan fingerprint density at radius 3 is 2.73 bits per heavy atom. The molecule has 3 N–H and O–H groups in total. The lowest BCUT2D eigenvalue weighted by Crippen LogP contribution is -2.30. The van der Waals surface area contributed by atoms with E-state index in [1.165, 1.54) is 23.9 Å². The van der Waals surface area contributed by atoms with E-state index >= 15 is 0 Å². The SMILES string of the molecule is CSc1ccc([N+](=O)[O-])c(C(=O)NN)c1. The number of nitro benzene ring substituents is 1. The van der Waals surface area contributed by atoms with Gasteiger partial charge in [-0.3, -0.25) is 20.3 Å². The first kappa shape index (κ1) is 11.5. The molecule has 0 unspecified atom stereocenters. The maximum atomic E-state index is 11.3. The molecule has 1 aromatic rings. The van der Waals surface area contributed by atoms with Crippen LogP contribution in [0.4, 0.5) is 5.69 Å². The van der Waals surface area contributed by atoms with Gasteiger partial charge in [0.2, 0.25) is 0 Å². The zero-order chi connectivity index (χ0) is 11.4. The molecule has 1 aromatic carbocycles. The molecule has 0 fully saturated rings. The number of carbonyl (C=O) groups is 1. The molecule has 0 saturated heterocycles. The van der Waals surface area contributed by atoms with Gasteiger partial charge in [0, 0.05) is 11.0 Å². The molecule has 15 heavy (non-hydrogen) atoms. The Morgan fingerprint density at radius 1 is 1.60 bits per heavy atom. The molecule has 0 aliphatic heterocycles. The molecular weight excluding hydrogens is 218 g/mol. The Bertz CT molecular complexity index is 408. The van der Waals surface area contributed by atoms with Crippen molar-refractivity contribution >= 4 is 23.4 Å². The van der Waals surface area contributed by atoms with Gasteiger partial charge in [-0.2, -0.15) is 0 Å². The van der Waals surface area contributed by atoms with Crippen molar-refractivity contribution in [2.24, 2.45) is 5.84 Å². The van der Waals surface area contributed by atoms with E-state index in [1.54, 1.807) is 6.07 Å². The molecule has 0 aliphatic rings. The van der Waals surface area contributed by atoms with Crippen LogP contribution in [0.15, 0.2) is 23.1 Å². The minimum atomic E-state index is -0.669. The summed E-state index contributed by atoms with van der Waals surface area (Å²) in [7, 11) is 0. The molecule has 0 radical (unpaired) electrons. The van der Waals surface area contributed by atoms with Gasteiger partial charge in [-0.25, -0.2) is 5.84 Å². The van der Waals surface area contributed by atoms with Gasteiger partial charge in [0.1, 0.15) is 5.56 Å². The molecule has 6 nitrogen and oxygen atoms in total. The number of carbonyl (C=O) groups excluding carboxylic acids is 1. The highest BCUT2D eigenvalue weighted by Crippen LogP contribution is 2.24. The van der Waals surface area contributed by atoms with Gasteiger partial charge in [0.15, 0.2) is 0 Å². The molecule has 0 atom stereocenters. The van der Waals surface area contributed by atoms with Crippen molar-refractivity contribution in [2.45, 2.75) is 4.90 Å². The van der Waals surface area contributed by atoms with Crippen molar-refractivity contribution in [3.05, 3.63) is 33.9 Å². The summed E-state index contributed by atoms with van der Waals surface area (Å²) in [5.41, 5.74) is 1.59. The van der Waals surface area contributed by atoms with Crippen LogP contribution in [0, 0.1) is 10.1 Å². The fourth-order valence-electron chi connectivity index (χ4n) is 1.06. The lowest BCUT2D eigenvalue weighted by molar-refractivity contribution is -0.385. The minimum absolute atomic E-state index is 0.0330. The first-order chi connectivity index (χ1) is 7.10. The molecule has 0 heterocycles. The van der Waals surface area contributed by atoms with Crippen LogP contribution in [0.5, 0.6) is 0 Å². The zero-order valence-electron chi connectivity index (χ0n) is 7.89. The Kier molecular flexibility index (Phi) is 3.64. The molecule has 1 rings (SSSR count). The number of nitro groups is 1. The molecule has 7 heteroatoms. The van der Waals surface area contributed by atoms with Crippen molar-refractivity contribution in [3.8, 4) is 0 Å². The number of nitrogens with two attached hydrogens (primary N) is 1. The smallest absolute Gasteiger partial charge is 0.282 e. The maximum Gasteiger partial charge on any atom is 0.282 e. The largest absolute Gasteiger partial charge is 0.290 e. The second-order valence-corrected chi connectivity index (χ2v) is 3.49. The van der Waals surface area contributed by atoms with Gasteiger partial charge in [-0.1, -0.05) is 0 Å². The fourth-order valence-corrected chi connectivity index (χ4v) is 1.50. The number of thioether (sulfide) groups is 1. The number of nitrogen functional groups attached to an aromatic ring is 1. The van der Waals surface area contributed by atoms with E-state index in [2.05, 4.69) is 0 Å². The predicted octanol–water partition coefficient (Wildman–Crippen LogP) is 0.920. The van der Waals surface area contributed by atoms with E-state index in [4.69, 9.17) is 5.84 Å². The summed E-state index contributed by atoms with van der Waals surface area (Å²) in [6.45, 7) is 0. The van der Waals surface area contributed by atoms with Crippen LogP contribution in [0.3, 0.4) is 0 Å². The van der Waals surface area contributed by atoms with Crippen LogP contribution >= 0.6 is 11.8 Å². The summed E-state index contributed by atoms with van der Waals surface area (Å²) >= 11 is 1.39. The number of hydrogen-bond acceptors (Lipinski definition) is 5. The Labute approximate surface area is 90.0 Å². The normalized spacial score (nSPS) is 9.73. The van der Waals surface area contributed by atoms with Crippen molar-refractivity contribution in [3.63, 3.8) is 0 Å². The van der Waals surface area contributed by atoms with Crippen LogP contribution < -0.4 is 11.3 Å². The monoisotopic (exact) mass is 227 g/mol. The van der Waals surface area contributed by atoms with E-state index in [1.807, 2.05) is 11.7 Å². The summed E-state index contributed by atoms with van der Waals surface area (Å²) in [6.07, 6.45) is 1.81. The number of hydrazine groups is 1. The van der Waals surface area contributed by atoms with E-state index < -0.39 is 10.8 Å². The zero-order valence-corrected chi connectivity index (χ0v) is 8.71. The van der Waals surface area contributed by atoms with Crippen LogP contribution in [0.2, 0.25) is 0 Å². The predicted molar refractivity (Wildman–Crippen MR) is 56.5 cm³/mol. The number of amides is 1. The lowest BCUT2D eigenvalue weighted by atomic mass is 10.2. The summed E-state index contributed by atoms with van der Waals surface area (Å²) in [5, 5.41) is 10.6. The van der Waals surface area contributed by atoms with E-state index in [0.29, 0.717) is 0 Å². The third kappa shape index (κ3) is 2.45. The van der Waals surface area contributed by atoms with Crippen molar-refractivity contribution < 1.29 is 9.72 Å². The minimum Gasteiger partial charge on any atom is -0.290 e. The molecule has 0 bridgehead atoms. The Morgan fingerprint density at radius 2 is 2.27 bits per heavy atom. The number of nitrogens with zero attached hydrogens (tertiary/aromatic N) is 1. The lowest BCUT2D eigenvalue weighted by Gasteiger charge is -2.03. The van der Waals surface area contributed by atoms with E-state index in [0.717, 1.165) is 4.90 Å². The van der Waals surface area contributed by atoms with Gasteiger partial charge in [-0.15, -0.1) is 11.8 Å². The Balaban J connectivity index is 3.28. The van der Waals surface area contributed by atoms with Gasteiger partial charge in [0.25, 0.3) is 11.6 Å². The molecule has 1 amide bonds. The van der Waals surface area contributed by atoms with Crippen molar-refractivity contribution in [1.29, 1.82) is 0 Å². The molecule has 0 spiro atoms. The first-order valence-corrected chi connectivity index (χ1v) is 5.16. The average molecular weight is 227 g/mol. The van der Waals surface area contributed by atoms with Gasteiger partial charge < -0.3 is 0 Å². The third-order valence-electron chi connectivity index (χ3n) is 1.78. The summed E-state index contributed by atoms with van der Waals surface area (Å²) in [4.78, 5) is 22.0. The highest BCUT2D eigenvalue weighted by molar-refractivity contribution is 7.98. The summed E-state index contributed by atoms with van der Waals surface area (Å²) < 4.78 is 0. The quantitative estimate of drug-likeness (QED) is 0.263.